The number of benzene rings is 1. The topological polar surface area (TPSA) is 12.0 Å². The zero-order chi connectivity index (χ0) is 13.1. The van der Waals surface area contributed by atoms with Crippen LogP contribution in [0.3, 0.4) is 0 Å². The van der Waals surface area contributed by atoms with Crippen LogP contribution in [-0.4, -0.2) is 6.04 Å². The first kappa shape index (κ1) is 13.9. The molecule has 1 nitrogen and oxygen atoms in total. The minimum absolute atomic E-state index is 0.669. The number of rotatable bonds is 3. The summed E-state index contributed by atoms with van der Waals surface area (Å²) in [5.74, 6) is 0.848. The van der Waals surface area contributed by atoms with Crippen LogP contribution in [0.2, 0.25) is 0 Å². The molecule has 2 rings (SSSR count). The lowest BCUT2D eigenvalue weighted by molar-refractivity contribution is 0.317. The third kappa shape index (κ3) is 3.09. The summed E-state index contributed by atoms with van der Waals surface area (Å²) >= 11 is 3.57. The fraction of sp³-hybridized carbons (Fsp3) is 0.625. The molecule has 0 spiro atoms. The second-order valence-corrected chi connectivity index (χ2v) is 6.53. The molecule has 0 amide bonds. The van der Waals surface area contributed by atoms with Crippen LogP contribution in [0.4, 0.5) is 5.69 Å². The van der Waals surface area contributed by atoms with E-state index in [2.05, 4.69) is 54.2 Å². The summed E-state index contributed by atoms with van der Waals surface area (Å²) in [4.78, 5) is 0. The maximum Gasteiger partial charge on any atom is 0.0402 e. The quantitative estimate of drug-likeness (QED) is 0.783. The first-order chi connectivity index (χ1) is 8.61. The van der Waals surface area contributed by atoms with E-state index < -0.39 is 0 Å². The molecule has 1 saturated carbocycles. The van der Waals surface area contributed by atoms with Gasteiger partial charge in [0.15, 0.2) is 0 Å². The Kier molecular flexibility index (Phi) is 4.71. The predicted molar refractivity (Wildman–Crippen MR) is 83.3 cm³/mol. The van der Waals surface area contributed by atoms with Crippen molar-refractivity contribution < 1.29 is 0 Å². The maximum absolute atomic E-state index is 3.82. The molecule has 1 N–H and O–H groups in total. The normalized spacial score (nSPS) is 24.0. The van der Waals surface area contributed by atoms with Crippen molar-refractivity contribution in [3.05, 3.63) is 27.7 Å². The fourth-order valence-electron chi connectivity index (χ4n) is 3.21. The molecular weight excluding hydrogens is 286 g/mol. The van der Waals surface area contributed by atoms with Crippen molar-refractivity contribution in [2.45, 2.75) is 58.9 Å². The minimum Gasteiger partial charge on any atom is -0.382 e. The average molecular weight is 310 g/mol. The summed E-state index contributed by atoms with van der Waals surface area (Å²) in [6.07, 6.45) is 6.81. The summed E-state index contributed by atoms with van der Waals surface area (Å²) in [6, 6.07) is 5.08. The molecule has 1 aromatic rings. The fourth-order valence-corrected chi connectivity index (χ4v) is 3.90. The smallest absolute Gasteiger partial charge is 0.0402 e. The van der Waals surface area contributed by atoms with Gasteiger partial charge in [-0.05, 0) is 55.9 Å². The first-order valence-electron chi connectivity index (χ1n) is 7.15. The van der Waals surface area contributed by atoms with Gasteiger partial charge in [-0.1, -0.05) is 42.1 Å². The molecule has 0 aliphatic heterocycles. The molecule has 100 valence electrons. The van der Waals surface area contributed by atoms with Crippen molar-refractivity contribution in [2.24, 2.45) is 5.92 Å². The number of halogens is 1. The Morgan fingerprint density at radius 3 is 2.39 bits per heavy atom. The van der Waals surface area contributed by atoms with Crippen LogP contribution in [0.25, 0.3) is 0 Å². The van der Waals surface area contributed by atoms with Gasteiger partial charge in [-0.3, -0.25) is 0 Å². The minimum atomic E-state index is 0.669. The molecule has 0 heterocycles. The second kappa shape index (κ2) is 6.10. The lowest BCUT2D eigenvalue weighted by atomic mass is 9.82. The molecule has 2 heteroatoms. The van der Waals surface area contributed by atoms with Crippen molar-refractivity contribution in [1.82, 2.24) is 0 Å². The number of nitrogens with one attached hydrogen (secondary N) is 1. The maximum atomic E-state index is 3.82. The van der Waals surface area contributed by atoms with Gasteiger partial charge in [0.2, 0.25) is 0 Å². The molecule has 18 heavy (non-hydrogen) atoms. The van der Waals surface area contributed by atoms with Crippen molar-refractivity contribution in [1.29, 1.82) is 0 Å². The molecule has 2 atom stereocenters. The van der Waals surface area contributed by atoms with E-state index in [9.17, 15) is 0 Å². The Bertz CT molecular complexity index is 391. The average Bonchev–Trinajstić information content (AvgIpc) is 2.34. The van der Waals surface area contributed by atoms with E-state index in [1.54, 1.807) is 0 Å². The van der Waals surface area contributed by atoms with Gasteiger partial charge in [0, 0.05) is 16.2 Å². The predicted octanol–water partition coefficient (Wildman–Crippen LogP) is 5.45. The van der Waals surface area contributed by atoms with Gasteiger partial charge in [-0.2, -0.15) is 0 Å². The van der Waals surface area contributed by atoms with Crippen LogP contribution < -0.4 is 5.32 Å². The highest BCUT2D eigenvalue weighted by Gasteiger charge is 2.24. The molecule has 1 aromatic carbocycles. The molecule has 0 radical (unpaired) electrons. The van der Waals surface area contributed by atoms with Crippen LogP contribution in [-0.2, 0) is 0 Å². The Balaban J connectivity index is 2.17. The van der Waals surface area contributed by atoms with Gasteiger partial charge in [-0.15, -0.1) is 0 Å². The van der Waals surface area contributed by atoms with Gasteiger partial charge in [0.05, 0.1) is 0 Å². The lowest BCUT2D eigenvalue weighted by Crippen LogP contribution is -2.32. The van der Waals surface area contributed by atoms with Crippen molar-refractivity contribution in [3.63, 3.8) is 0 Å². The molecule has 1 aliphatic rings. The highest BCUT2D eigenvalue weighted by Crippen LogP contribution is 2.32. The van der Waals surface area contributed by atoms with Crippen LogP contribution in [0, 0.1) is 19.8 Å². The van der Waals surface area contributed by atoms with E-state index in [1.165, 1.54) is 53.4 Å². The van der Waals surface area contributed by atoms with Gasteiger partial charge < -0.3 is 5.32 Å². The van der Waals surface area contributed by atoms with Gasteiger partial charge in [-0.25, -0.2) is 0 Å². The van der Waals surface area contributed by atoms with Crippen LogP contribution in [0.15, 0.2) is 16.6 Å². The molecule has 0 aromatic heterocycles. The molecule has 1 fully saturated rings. The Hall–Kier alpha value is -0.500. The van der Waals surface area contributed by atoms with E-state index in [0.717, 1.165) is 5.92 Å². The van der Waals surface area contributed by atoms with E-state index in [0.29, 0.717) is 6.04 Å². The third-order valence-corrected chi connectivity index (χ3v) is 4.72. The Morgan fingerprint density at radius 1 is 1.17 bits per heavy atom. The highest BCUT2D eigenvalue weighted by molar-refractivity contribution is 9.10. The summed E-state index contributed by atoms with van der Waals surface area (Å²) in [7, 11) is 0. The van der Waals surface area contributed by atoms with E-state index in [-0.39, 0.29) is 0 Å². The molecule has 1 aliphatic carbocycles. The third-order valence-electron chi connectivity index (χ3n) is 4.26. The van der Waals surface area contributed by atoms with Crippen LogP contribution >= 0.6 is 15.9 Å². The lowest BCUT2D eigenvalue weighted by Gasteiger charge is -2.33. The highest BCUT2D eigenvalue weighted by atomic mass is 79.9. The molecule has 0 saturated heterocycles. The first-order valence-corrected chi connectivity index (χ1v) is 7.94. The summed E-state index contributed by atoms with van der Waals surface area (Å²) < 4.78 is 1.18. The summed E-state index contributed by atoms with van der Waals surface area (Å²) in [5.41, 5.74) is 4.05. The number of aryl methyl sites for hydroxylation is 2. The van der Waals surface area contributed by atoms with E-state index in [1.807, 2.05) is 0 Å². The van der Waals surface area contributed by atoms with Crippen molar-refractivity contribution >= 4 is 21.6 Å². The van der Waals surface area contributed by atoms with Crippen LogP contribution in [0.1, 0.15) is 50.2 Å². The number of hydrogen-bond acceptors (Lipinski definition) is 1. The largest absolute Gasteiger partial charge is 0.382 e. The van der Waals surface area contributed by atoms with Gasteiger partial charge >= 0.3 is 0 Å². The van der Waals surface area contributed by atoms with Gasteiger partial charge in [0.25, 0.3) is 0 Å². The van der Waals surface area contributed by atoms with Gasteiger partial charge in [0.1, 0.15) is 0 Å². The Morgan fingerprint density at radius 2 is 1.78 bits per heavy atom. The van der Waals surface area contributed by atoms with E-state index in [4.69, 9.17) is 0 Å². The standard InChI is InChI=1S/C16H24BrN/c1-4-13-7-5-6-8-15(13)18-16-11(2)9-14(17)10-12(16)3/h9-10,13,15,18H,4-8H2,1-3H3. The zero-order valence-electron chi connectivity index (χ0n) is 11.7. The number of hydrogen-bond donors (Lipinski definition) is 1. The summed E-state index contributed by atoms with van der Waals surface area (Å²) in [6.45, 7) is 6.72. The summed E-state index contributed by atoms with van der Waals surface area (Å²) in [5, 5.41) is 3.82. The second-order valence-electron chi connectivity index (χ2n) is 5.62. The van der Waals surface area contributed by atoms with Crippen LogP contribution in [0.5, 0.6) is 0 Å². The molecule has 0 bridgehead atoms. The molecular formula is C16H24BrN. The monoisotopic (exact) mass is 309 g/mol. The van der Waals surface area contributed by atoms with Crippen molar-refractivity contribution in [3.8, 4) is 0 Å². The zero-order valence-corrected chi connectivity index (χ0v) is 13.3. The van der Waals surface area contributed by atoms with E-state index >= 15 is 0 Å². The molecule has 2 unspecified atom stereocenters. The SMILES string of the molecule is CCC1CCCCC1Nc1c(C)cc(Br)cc1C. The number of anilines is 1. The van der Waals surface area contributed by atoms with Crippen molar-refractivity contribution in [2.75, 3.05) is 5.32 Å². The Labute approximate surface area is 119 Å².